The number of fused-ring (bicyclic) bond motifs is 1. The van der Waals surface area contributed by atoms with Crippen molar-refractivity contribution in [2.45, 2.75) is 19.0 Å². The van der Waals surface area contributed by atoms with Crippen molar-refractivity contribution >= 4 is 39.8 Å². The maximum absolute atomic E-state index is 13.8. The minimum absolute atomic E-state index is 0.112. The molecule has 3 heterocycles. The van der Waals surface area contributed by atoms with Crippen LogP contribution in [0.1, 0.15) is 39.5 Å². The summed E-state index contributed by atoms with van der Waals surface area (Å²) < 4.78 is 5.39. The molecule has 0 spiro atoms. The fraction of sp³-hybridized carbons (Fsp3) is 0.267. The molecule has 3 aliphatic rings. The van der Waals surface area contributed by atoms with Crippen molar-refractivity contribution in [3.63, 3.8) is 0 Å². The third-order valence-corrected chi connectivity index (χ3v) is 8.01. The normalized spacial score (nSPS) is 19.4. The number of benzene rings is 2. The first kappa shape index (κ1) is 25.2. The van der Waals surface area contributed by atoms with Crippen LogP contribution >= 0.6 is 11.3 Å². The molecule has 3 amide bonds. The summed E-state index contributed by atoms with van der Waals surface area (Å²) in [7, 11) is 0. The molecular weight excluding hydrogens is 512 g/mol. The van der Waals surface area contributed by atoms with E-state index in [4.69, 9.17) is 4.74 Å². The largest absolute Gasteiger partial charge is 0.378 e. The van der Waals surface area contributed by atoms with E-state index in [0.717, 1.165) is 22.3 Å². The highest BCUT2D eigenvalue weighted by Gasteiger charge is 2.38. The molecule has 1 saturated heterocycles. The predicted octanol–water partition coefficient (Wildman–Crippen LogP) is 4.30. The Morgan fingerprint density at radius 3 is 2.69 bits per heavy atom. The zero-order valence-corrected chi connectivity index (χ0v) is 22.1. The Morgan fingerprint density at radius 2 is 1.92 bits per heavy atom. The van der Waals surface area contributed by atoms with E-state index in [-0.39, 0.29) is 23.6 Å². The smallest absolute Gasteiger partial charge is 0.255 e. The van der Waals surface area contributed by atoms with Gasteiger partial charge < -0.3 is 14.5 Å². The number of anilines is 1. The number of nitrogens with zero attached hydrogens (tertiary/aromatic N) is 3. The van der Waals surface area contributed by atoms with Crippen LogP contribution < -0.4 is 5.32 Å². The minimum Gasteiger partial charge on any atom is -0.378 e. The SMILES string of the molecule is O=C(Nc1nccs1)[C@@H](c1ccccc1)N1Cc2ccc(C3=CC(C(=O)N4CCOCC4)CC=C3)cc2C1=O. The third kappa shape index (κ3) is 5.15. The van der Waals surface area contributed by atoms with Crippen molar-refractivity contribution in [3.05, 3.63) is 101 Å². The molecule has 9 heteroatoms. The number of nitrogens with one attached hydrogen (secondary N) is 1. The Balaban J connectivity index is 1.26. The van der Waals surface area contributed by atoms with Crippen LogP contribution in [0.5, 0.6) is 0 Å². The summed E-state index contributed by atoms with van der Waals surface area (Å²) >= 11 is 1.33. The lowest BCUT2D eigenvalue weighted by molar-refractivity contribution is -0.138. The molecule has 198 valence electrons. The molecule has 1 fully saturated rings. The molecule has 1 aliphatic carbocycles. The van der Waals surface area contributed by atoms with Gasteiger partial charge in [0.2, 0.25) is 5.91 Å². The summed E-state index contributed by atoms with van der Waals surface area (Å²) in [4.78, 5) is 47.9. The number of morpholine rings is 1. The van der Waals surface area contributed by atoms with Crippen molar-refractivity contribution in [2.75, 3.05) is 31.6 Å². The third-order valence-electron chi connectivity index (χ3n) is 7.32. The Hall–Kier alpha value is -4.08. The van der Waals surface area contributed by atoms with E-state index in [2.05, 4.69) is 10.3 Å². The highest BCUT2D eigenvalue weighted by atomic mass is 32.1. The second-order valence-corrected chi connectivity index (χ2v) is 10.6. The number of rotatable bonds is 6. The van der Waals surface area contributed by atoms with E-state index in [0.29, 0.717) is 50.0 Å². The molecule has 2 atom stereocenters. The van der Waals surface area contributed by atoms with Crippen LogP contribution in [0.4, 0.5) is 5.13 Å². The summed E-state index contributed by atoms with van der Waals surface area (Å²) in [5.41, 5.74) is 3.97. The van der Waals surface area contributed by atoms with Gasteiger partial charge in [0.05, 0.1) is 19.1 Å². The van der Waals surface area contributed by atoms with Crippen LogP contribution in [0.15, 0.2) is 78.3 Å². The fourth-order valence-electron chi connectivity index (χ4n) is 5.34. The average molecular weight is 541 g/mol. The van der Waals surface area contributed by atoms with E-state index in [1.165, 1.54) is 11.3 Å². The molecule has 0 saturated carbocycles. The van der Waals surface area contributed by atoms with E-state index < -0.39 is 6.04 Å². The van der Waals surface area contributed by atoms with Gasteiger partial charge in [-0.15, -0.1) is 11.3 Å². The number of amides is 3. The first-order valence-corrected chi connectivity index (χ1v) is 13.9. The van der Waals surface area contributed by atoms with Gasteiger partial charge in [-0.05, 0) is 34.8 Å². The van der Waals surface area contributed by atoms with E-state index in [9.17, 15) is 14.4 Å². The zero-order valence-electron chi connectivity index (χ0n) is 21.3. The van der Waals surface area contributed by atoms with Crippen LogP contribution in [0.3, 0.4) is 0 Å². The van der Waals surface area contributed by atoms with Gasteiger partial charge in [0.1, 0.15) is 6.04 Å². The number of allylic oxidation sites excluding steroid dienone is 3. The zero-order chi connectivity index (χ0) is 26.8. The van der Waals surface area contributed by atoms with Crippen LogP contribution in [0.25, 0.3) is 5.57 Å². The standard InChI is InChI=1S/C30H28N4O4S/c35-27(32-30-31-11-16-39-30)26(20-5-2-1-3-6-20)34-19-24-10-9-22(18-25(24)29(34)37)21-7-4-8-23(17-21)28(36)33-12-14-38-15-13-33/h1-7,9-11,16-18,23,26H,8,12-15,19H2,(H,31,32,35)/t23?,26-/m1/s1. The first-order valence-electron chi connectivity index (χ1n) is 13.0. The lowest BCUT2D eigenvalue weighted by Gasteiger charge is -2.30. The Morgan fingerprint density at radius 1 is 1.10 bits per heavy atom. The monoisotopic (exact) mass is 540 g/mol. The van der Waals surface area contributed by atoms with Gasteiger partial charge in [-0.1, -0.05) is 60.7 Å². The first-order chi connectivity index (χ1) is 19.1. The number of hydrogen-bond acceptors (Lipinski definition) is 6. The Kier molecular flexibility index (Phi) is 7.08. The van der Waals surface area contributed by atoms with Gasteiger partial charge in [0.25, 0.3) is 11.8 Å². The number of aromatic nitrogens is 1. The highest BCUT2D eigenvalue weighted by molar-refractivity contribution is 7.13. The number of carbonyl (C=O) groups excluding carboxylic acids is 3. The predicted molar refractivity (Wildman–Crippen MR) is 149 cm³/mol. The lowest BCUT2D eigenvalue weighted by Crippen LogP contribution is -2.43. The van der Waals surface area contributed by atoms with E-state index in [1.54, 1.807) is 16.5 Å². The second-order valence-electron chi connectivity index (χ2n) is 9.75. The van der Waals surface area contributed by atoms with Crippen LogP contribution in [0, 0.1) is 5.92 Å². The van der Waals surface area contributed by atoms with Crippen molar-refractivity contribution < 1.29 is 19.1 Å². The number of thiazole rings is 1. The summed E-state index contributed by atoms with van der Waals surface area (Å²) in [6.07, 6.45) is 8.32. The van der Waals surface area contributed by atoms with Crippen molar-refractivity contribution in [1.82, 2.24) is 14.8 Å². The molecule has 8 nitrogen and oxygen atoms in total. The minimum atomic E-state index is -0.803. The van der Waals surface area contributed by atoms with Gasteiger partial charge in [-0.2, -0.15) is 0 Å². The molecular formula is C30H28N4O4S. The lowest BCUT2D eigenvalue weighted by atomic mass is 9.90. The quantitative estimate of drug-likeness (QED) is 0.504. The molecule has 1 N–H and O–H groups in total. The van der Waals surface area contributed by atoms with Crippen LogP contribution in [-0.2, 0) is 20.9 Å². The average Bonchev–Trinajstić information content (AvgIpc) is 3.61. The summed E-state index contributed by atoms with van der Waals surface area (Å²) in [5.74, 6) is -0.627. The summed E-state index contributed by atoms with van der Waals surface area (Å²) in [6.45, 7) is 2.70. The molecule has 0 bridgehead atoms. The number of ether oxygens (including phenoxy) is 1. The Bertz CT molecular complexity index is 1440. The highest BCUT2D eigenvalue weighted by Crippen LogP contribution is 2.35. The maximum atomic E-state index is 13.8. The molecule has 39 heavy (non-hydrogen) atoms. The molecule has 2 aromatic carbocycles. The Labute approximate surface area is 230 Å². The van der Waals surface area contributed by atoms with E-state index >= 15 is 0 Å². The van der Waals surface area contributed by atoms with Crippen molar-refractivity contribution in [1.29, 1.82) is 0 Å². The topological polar surface area (TPSA) is 91.8 Å². The second kappa shape index (κ2) is 11.0. The molecule has 0 radical (unpaired) electrons. The molecule has 1 unspecified atom stereocenters. The van der Waals surface area contributed by atoms with Gasteiger partial charge >= 0.3 is 0 Å². The number of carbonyl (C=O) groups is 3. The molecule has 2 aliphatic heterocycles. The molecule has 3 aromatic rings. The van der Waals surface area contributed by atoms with Gasteiger partial charge in [0.15, 0.2) is 5.13 Å². The van der Waals surface area contributed by atoms with E-state index in [1.807, 2.05) is 71.7 Å². The molecule has 6 rings (SSSR count). The van der Waals surface area contributed by atoms with Gasteiger partial charge in [-0.25, -0.2) is 4.98 Å². The van der Waals surface area contributed by atoms with Crippen LogP contribution in [0.2, 0.25) is 0 Å². The number of hydrogen-bond donors (Lipinski definition) is 1. The molecule has 1 aromatic heterocycles. The summed E-state index contributed by atoms with van der Waals surface area (Å²) in [5, 5.41) is 5.14. The van der Waals surface area contributed by atoms with Crippen LogP contribution in [-0.4, -0.2) is 58.8 Å². The maximum Gasteiger partial charge on any atom is 0.255 e. The van der Waals surface area contributed by atoms with Gasteiger partial charge in [-0.3, -0.25) is 19.7 Å². The van der Waals surface area contributed by atoms with Crippen molar-refractivity contribution in [3.8, 4) is 0 Å². The fourth-order valence-corrected chi connectivity index (χ4v) is 5.88. The van der Waals surface area contributed by atoms with Crippen molar-refractivity contribution in [2.24, 2.45) is 5.92 Å². The van der Waals surface area contributed by atoms with Gasteiger partial charge in [0, 0.05) is 36.8 Å². The summed E-state index contributed by atoms with van der Waals surface area (Å²) in [6, 6.07) is 14.3.